The van der Waals surface area contributed by atoms with Crippen LogP contribution in [-0.2, 0) is 11.4 Å². The third kappa shape index (κ3) is 3.31. The van der Waals surface area contributed by atoms with E-state index in [0.29, 0.717) is 6.61 Å². The molecule has 0 saturated heterocycles. The van der Waals surface area contributed by atoms with E-state index in [1.165, 1.54) is 4.26 Å². The average Bonchev–Trinajstić information content (AvgIpc) is 2.46. The molecule has 0 aliphatic carbocycles. The van der Waals surface area contributed by atoms with Gasteiger partial charge < -0.3 is 0 Å². The van der Waals surface area contributed by atoms with Crippen LogP contribution in [-0.4, -0.2) is 15.0 Å². The van der Waals surface area contributed by atoms with Crippen LogP contribution < -0.4 is 0 Å². The summed E-state index contributed by atoms with van der Waals surface area (Å²) in [5.41, 5.74) is 2.62. The van der Waals surface area contributed by atoms with Crippen LogP contribution >= 0.6 is 11.8 Å². The molecule has 0 spiro atoms. The summed E-state index contributed by atoms with van der Waals surface area (Å²) >= 11 is 6.05. The van der Waals surface area contributed by atoms with Crippen molar-refractivity contribution < 1.29 is 9.10 Å². The van der Waals surface area contributed by atoms with Gasteiger partial charge in [-0.05, 0) is 17.7 Å². The Bertz CT molecular complexity index is 526. The monoisotopic (exact) mass is 261 g/mol. The van der Waals surface area contributed by atoms with Gasteiger partial charge in [0.15, 0.2) is 6.61 Å². The second-order valence-corrected chi connectivity index (χ2v) is 4.11. The highest BCUT2D eigenvalue weighted by Crippen LogP contribution is 2.04. The van der Waals surface area contributed by atoms with Gasteiger partial charge in [0, 0.05) is 13.1 Å². The van der Waals surface area contributed by atoms with Gasteiger partial charge >= 0.3 is 11.8 Å². The number of hydrogen-bond acceptors (Lipinski definition) is 2. The number of nitrogens with zero attached hydrogens (tertiary/aromatic N) is 2. The van der Waals surface area contributed by atoms with E-state index in [0.717, 1.165) is 17.0 Å². The molecule has 0 amide bonds. The summed E-state index contributed by atoms with van der Waals surface area (Å²) in [6.07, 6.45) is 1.72. The van der Waals surface area contributed by atoms with E-state index in [-0.39, 0.29) is 0 Å². The Labute approximate surface area is 111 Å². The fraction of sp³-hybridized carbons (Fsp3) is 0.143. The van der Waals surface area contributed by atoms with Crippen LogP contribution in [0.5, 0.6) is 0 Å². The standard InChI is InChI=1S/C14H14ClN2O/c1-12(14-9-5-6-10-16-14)17(15)18-11-13-7-3-2-4-8-13/h2-10H,11H2,1H3/q+1. The number of hydrogen-bond donors (Lipinski definition) is 0. The third-order valence-corrected chi connectivity index (χ3v) is 2.84. The predicted octanol–water partition coefficient (Wildman–Crippen LogP) is 3.19. The third-order valence-electron chi connectivity index (χ3n) is 2.49. The van der Waals surface area contributed by atoms with Crippen molar-refractivity contribution in [1.82, 2.24) is 4.98 Å². The summed E-state index contributed by atoms with van der Waals surface area (Å²) in [4.78, 5) is 9.68. The number of benzene rings is 1. The average molecular weight is 262 g/mol. The van der Waals surface area contributed by atoms with E-state index in [1.54, 1.807) is 6.20 Å². The minimum absolute atomic E-state index is 0.425. The minimum atomic E-state index is 0.425. The lowest BCUT2D eigenvalue weighted by Crippen LogP contribution is -2.13. The van der Waals surface area contributed by atoms with Crippen molar-refractivity contribution in [1.29, 1.82) is 0 Å². The zero-order valence-electron chi connectivity index (χ0n) is 10.1. The van der Waals surface area contributed by atoms with Crippen LogP contribution in [0.3, 0.4) is 0 Å². The molecule has 0 unspecified atom stereocenters. The summed E-state index contributed by atoms with van der Waals surface area (Å²) in [7, 11) is 0. The second-order valence-electron chi connectivity index (χ2n) is 3.80. The Morgan fingerprint density at radius 2 is 1.89 bits per heavy atom. The van der Waals surface area contributed by atoms with Gasteiger partial charge in [-0.3, -0.25) is 9.82 Å². The first-order valence-corrected chi connectivity index (χ1v) is 5.99. The highest BCUT2D eigenvalue weighted by molar-refractivity contribution is 6.10. The van der Waals surface area contributed by atoms with Crippen LogP contribution in [0.2, 0.25) is 0 Å². The SMILES string of the molecule is CC(c1ccccn1)=[N+](Cl)OCc1ccccc1. The predicted molar refractivity (Wildman–Crippen MR) is 71.4 cm³/mol. The van der Waals surface area contributed by atoms with Crippen molar-refractivity contribution in [3.8, 4) is 0 Å². The quantitative estimate of drug-likeness (QED) is 0.480. The van der Waals surface area contributed by atoms with E-state index < -0.39 is 0 Å². The molecule has 92 valence electrons. The molecule has 2 aromatic rings. The largest absolute Gasteiger partial charge is 0.319 e. The molecule has 2 rings (SSSR count). The summed E-state index contributed by atoms with van der Waals surface area (Å²) in [5, 5.41) is 0. The molecule has 18 heavy (non-hydrogen) atoms. The molecule has 0 N–H and O–H groups in total. The van der Waals surface area contributed by atoms with Crippen LogP contribution in [0.4, 0.5) is 0 Å². The van der Waals surface area contributed by atoms with Gasteiger partial charge in [-0.2, -0.15) is 0 Å². The molecule has 1 aromatic heterocycles. The van der Waals surface area contributed by atoms with E-state index in [4.69, 9.17) is 16.6 Å². The van der Waals surface area contributed by atoms with Gasteiger partial charge in [-0.15, -0.1) is 0 Å². The fourth-order valence-electron chi connectivity index (χ4n) is 1.47. The van der Waals surface area contributed by atoms with Crippen molar-refractivity contribution in [2.45, 2.75) is 13.5 Å². The Hall–Kier alpha value is -1.87. The molecule has 0 aliphatic rings. The summed E-state index contributed by atoms with van der Waals surface area (Å²) < 4.78 is 1.23. The molecule has 1 heterocycles. The molecule has 0 radical (unpaired) electrons. The molecular weight excluding hydrogens is 248 g/mol. The molecule has 3 nitrogen and oxygen atoms in total. The van der Waals surface area contributed by atoms with Gasteiger partial charge in [0.1, 0.15) is 5.69 Å². The molecule has 4 heteroatoms. The first-order valence-electron chi connectivity index (χ1n) is 5.65. The van der Waals surface area contributed by atoms with Crippen molar-refractivity contribution in [3.05, 3.63) is 66.0 Å². The zero-order valence-corrected chi connectivity index (χ0v) is 10.8. The molecule has 1 aromatic carbocycles. The summed E-state index contributed by atoms with van der Waals surface area (Å²) in [6, 6.07) is 15.5. The van der Waals surface area contributed by atoms with Crippen LogP contribution in [0.25, 0.3) is 0 Å². The van der Waals surface area contributed by atoms with Crippen molar-refractivity contribution in [2.24, 2.45) is 0 Å². The maximum Gasteiger partial charge on any atom is 0.319 e. The Kier molecular flexibility index (Phi) is 4.31. The molecular formula is C14H14ClN2O+. The molecule has 0 atom stereocenters. The van der Waals surface area contributed by atoms with Gasteiger partial charge in [-0.1, -0.05) is 36.4 Å². The lowest BCUT2D eigenvalue weighted by molar-refractivity contribution is -0.688. The lowest BCUT2D eigenvalue weighted by Gasteiger charge is -1.99. The Morgan fingerprint density at radius 3 is 2.56 bits per heavy atom. The van der Waals surface area contributed by atoms with E-state index in [1.807, 2.05) is 55.5 Å². The van der Waals surface area contributed by atoms with E-state index >= 15 is 0 Å². The number of halogens is 1. The molecule has 0 saturated carbocycles. The summed E-state index contributed by atoms with van der Waals surface area (Å²) in [5.74, 6) is 0. The van der Waals surface area contributed by atoms with E-state index in [2.05, 4.69) is 4.98 Å². The fourth-order valence-corrected chi connectivity index (χ4v) is 1.60. The Balaban J connectivity index is 2.05. The number of pyridine rings is 1. The lowest BCUT2D eigenvalue weighted by atomic mass is 10.2. The second kappa shape index (κ2) is 6.17. The highest BCUT2D eigenvalue weighted by atomic mass is 35.5. The van der Waals surface area contributed by atoms with Crippen LogP contribution in [0.1, 0.15) is 18.2 Å². The minimum Gasteiger partial charge on any atom is -0.250 e. The maximum absolute atomic E-state index is 6.05. The summed E-state index contributed by atoms with van der Waals surface area (Å²) in [6.45, 7) is 2.29. The molecule has 0 bridgehead atoms. The first kappa shape index (κ1) is 12.6. The van der Waals surface area contributed by atoms with Crippen molar-refractivity contribution in [2.75, 3.05) is 0 Å². The van der Waals surface area contributed by atoms with Gasteiger partial charge in [0.05, 0.1) is 4.26 Å². The number of aromatic nitrogens is 1. The van der Waals surface area contributed by atoms with Crippen LogP contribution in [0, 0.1) is 0 Å². The van der Waals surface area contributed by atoms with Gasteiger partial charge in [-0.25, -0.2) is 0 Å². The molecule has 0 aliphatic heterocycles. The number of rotatable bonds is 4. The Morgan fingerprint density at radius 1 is 1.17 bits per heavy atom. The van der Waals surface area contributed by atoms with Crippen LogP contribution in [0.15, 0.2) is 54.7 Å². The molecule has 0 fully saturated rings. The normalized spacial score (nSPS) is 11.9. The van der Waals surface area contributed by atoms with Crippen molar-refractivity contribution in [3.63, 3.8) is 0 Å². The van der Waals surface area contributed by atoms with Gasteiger partial charge in [0.25, 0.3) is 5.71 Å². The van der Waals surface area contributed by atoms with Gasteiger partial charge in [0.2, 0.25) is 0 Å². The zero-order chi connectivity index (χ0) is 12.8. The topological polar surface area (TPSA) is 25.1 Å². The first-order chi connectivity index (χ1) is 8.77. The maximum atomic E-state index is 6.05. The highest BCUT2D eigenvalue weighted by Gasteiger charge is 2.14. The van der Waals surface area contributed by atoms with Crippen molar-refractivity contribution >= 4 is 17.5 Å². The smallest absolute Gasteiger partial charge is 0.250 e. The van der Waals surface area contributed by atoms with E-state index in [9.17, 15) is 0 Å².